The van der Waals surface area contributed by atoms with Crippen LogP contribution in [-0.2, 0) is 4.79 Å². The predicted octanol–water partition coefficient (Wildman–Crippen LogP) is 3.30. The molecule has 0 spiro atoms. The normalized spacial score (nSPS) is 30.1. The Kier molecular flexibility index (Phi) is 3.70. The Hall–Kier alpha value is -1.05. The van der Waals surface area contributed by atoms with E-state index >= 15 is 0 Å². The van der Waals surface area contributed by atoms with Crippen LogP contribution in [-0.4, -0.2) is 23.8 Å². The lowest BCUT2D eigenvalue weighted by atomic mass is 9.73. The smallest absolute Gasteiger partial charge is 0.184 e. The molecule has 1 heterocycles. The molecule has 0 aromatic carbocycles. The fourth-order valence-corrected chi connectivity index (χ4v) is 2.96. The molecule has 2 nitrogen and oxygen atoms in total. The molecule has 1 aliphatic carbocycles. The molecule has 2 aliphatic rings. The first-order valence-electron chi connectivity index (χ1n) is 6.78. The molecule has 2 rings (SSSR count). The van der Waals surface area contributed by atoms with E-state index in [-0.39, 0.29) is 5.41 Å². The number of piperidine rings is 1. The summed E-state index contributed by atoms with van der Waals surface area (Å²) in [5.41, 5.74) is 0.781. The van der Waals surface area contributed by atoms with E-state index in [9.17, 15) is 4.79 Å². The molecule has 0 radical (unpaired) electrons. The monoisotopic (exact) mass is 233 g/mol. The van der Waals surface area contributed by atoms with Gasteiger partial charge in [0.15, 0.2) is 5.78 Å². The first kappa shape index (κ1) is 12.4. The van der Waals surface area contributed by atoms with E-state index in [1.54, 1.807) is 0 Å². The number of hydrogen-bond acceptors (Lipinski definition) is 2. The number of rotatable bonds is 3. The van der Waals surface area contributed by atoms with Crippen LogP contribution < -0.4 is 0 Å². The maximum atomic E-state index is 12.6. The highest BCUT2D eigenvalue weighted by molar-refractivity contribution is 6.00. The van der Waals surface area contributed by atoms with Gasteiger partial charge in [0.2, 0.25) is 0 Å². The molecule has 0 saturated carbocycles. The van der Waals surface area contributed by atoms with Gasteiger partial charge in [0.05, 0.1) is 5.70 Å². The number of likely N-dealkylation sites (tertiary alicyclic amines) is 1. The van der Waals surface area contributed by atoms with E-state index in [1.165, 1.54) is 19.3 Å². The Morgan fingerprint density at radius 1 is 1.41 bits per heavy atom. The number of allylic oxidation sites excluding steroid dienone is 3. The molecule has 0 amide bonds. The maximum absolute atomic E-state index is 12.6. The second-order valence-corrected chi connectivity index (χ2v) is 5.56. The quantitative estimate of drug-likeness (QED) is 0.697. The minimum Gasteiger partial charge on any atom is -0.369 e. The summed E-state index contributed by atoms with van der Waals surface area (Å²) in [6.45, 7) is 7.99. The van der Waals surface area contributed by atoms with Crippen molar-refractivity contribution >= 4 is 5.78 Å². The summed E-state index contributed by atoms with van der Waals surface area (Å²) >= 11 is 0. The van der Waals surface area contributed by atoms with Crippen molar-refractivity contribution in [2.45, 2.75) is 45.4 Å². The van der Waals surface area contributed by atoms with E-state index in [0.29, 0.717) is 5.78 Å². The van der Waals surface area contributed by atoms with Crippen LogP contribution in [0.1, 0.15) is 45.4 Å². The topological polar surface area (TPSA) is 20.3 Å². The van der Waals surface area contributed by atoms with Gasteiger partial charge < -0.3 is 4.90 Å². The Labute approximate surface area is 104 Å². The number of hydrogen-bond donors (Lipinski definition) is 0. The molecule has 2 heteroatoms. The van der Waals surface area contributed by atoms with E-state index in [2.05, 4.69) is 24.5 Å². The lowest BCUT2D eigenvalue weighted by molar-refractivity contribution is -0.126. The first-order chi connectivity index (χ1) is 8.17. The van der Waals surface area contributed by atoms with Crippen molar-refractivity contribution in [1.29, 1.82) is 0 Å². The van der Waals surface area contributed by atoms with Crippen LogP contribution >= 0.6 is 0 Å². The minimum absolute atomic E-state index is 0.205. The van der Waals surface area contributed by atoms with Crippen molar-refractivity contribution in [3.05, 3.63) is 24.4 Å². The largest absolute Gasteiger partial charge is 0.369 e. The van der Waals surface area contributed by atoms with Crippen LogP contribution in [0.3, 0.4) is 0 Å². The molecular weight excluding hydrogens is 210 g/mol. The molecule has 17 heavy (non-hydrogen) atoms. The summed E-state index contributed by atoms with van der Waals surface area (Å²) in [5, 5.41) is 0. The van der Waals surface area contributed by atoms with Crippen molar-refractivity contribution in [3.63, 3.8) is 0 Å². The SMILES string of the molecule is C=CC[C@]1(C)CCC=C(N2CCCCC2)C1=O. The maximum Gasteiger partial charge on any atom is 0.184 e. The fraction of sp³-hybridized carbons (Fsp3) is 0.667. The van der Waals surface area contributed by atoms with Gasteiger partial charge in [0.1, 0.15) is 0 Å². The lowest BCUT2D eigenvalue weighted by Crippen LogP contribution is -2.40. The van der Waals surface area contributed by atoms with Gasteiger partial charge in [-0.1, -0.05) is 19.1 Å². The molecule has 1 fully saturated rings. The molecule has 0 N–H and O–H groups in total. The van der Waals surface area contributed by atoms with Gasteiger partial charge in [-0.05, 0) is 38.5 Å². The summed E-state index contributed by atoms with van der Waals surface area (Å²) < 4.78 is 0. The third-order valence-electron chi connectivity index (χ3n) is 4.11. The molecule has 0 unspecified atom stereocenters. The summed E-state index contributed by atoms with van der Waals surface area (Å²) in [7, 11) is 0. The van der Waals surface area contributed by atoms with Crippen molar-refractivity contribution < 1.29 is 4.79 Å². The van der Waals surface area contributed by atoms with Crippen molar-refractivity contribution in [3.8, 4) is 0 Å². The summed E-state index contributed by atoms with van der Waals surface area (Å²) in [5.74, 6) is 0.338. The van der Waals surface area contributed by atoms with Crippen molar-refractivity contribution in [1.82, 2.24) is 4.90 Å². The third-order valence-corrected chi connectivity index (χ3v) is 4.11. The molecule has 0 bridgehead atoms. The van der Waals surface area contributed by atoms with Gasteiger partial charge in [0.25, 0.3) is 0 Å². The van der Waals surface area contributed by atoms with Crippen LogP contribution in [0.25, 0.3) is 0 Å². The van der Waals surface area contributed by atoms with Crippen molar-refractivity contribution in [2.24, 2.45) is 5.41 Å². The van der Waals surface area contributed by atoms with E-state index in [0.717, 1.165) is 38.0 Å². The zero-order chi connectivity index (χ0) is 12.3. The van der Waals surface area contributed by atoms with E-state index in [1.807, 2.05) is 6.08 Å². The average Bonchev–Trinajstić information content (AvgIpc) is 2.34. The number of ketones is 1. The Bertz CT molecular complexity index is 339. The molecule has 94 valence electrons. The van der Waals surface area contributed by atoms with Crippen molar-refractivity contribution in [2.75, 3.05) is 13.1 Å². The molecular formula is C15H23NO. The number of Topliss-reactive ketones (excluding diaryl/α,β-unsaturated/α-hetero) is 1. The van der Waals surface area contributed by atoms with Crippen LogP contribution in [0.15, 0.2) is 24.4 Å². The highest BCUT2D eigenvalue weighted by Gasteiger charge is 2.38. The Morgan fingerprint density at radius 2 is 2.12 bits per heavy atom. The number of nitrogens with zero attached hydrogens (tertiary/aromatic N) is 1. The lowest BCUT2D eigenvalue weighted by Gasteiger charge is -2.38. The first-order valence-corrected chi connectivity index (χ1v) is 6.78. The molecule has 0 aromatic heterocycles. The van der Waals surface area contributed by atoms with Crippen LogP contribution in [0, 0.1) is 5.41 Å². The Morgan fingerprint density at radius 3 is 2.76 bits per heavy atom. The summed E-state index contributed by atoms with van der Waals surface area (Å²) in [6.07, 6.45) is 10.6. The van der Waals surface area contributed by atoms with Gasteiger partial charge in [-0.15, -0.1) is 6.58 Å². The highest BCUT2D eigenvalue weighted by atomic mass is 16.1. The number of carbonyl (C=O) groups is 1. The standard InChI is InChI=1S/C15H23NO/c1-3-9-15(2)10-7-8-13(14(15)17)16-11-5-4-6-12-16/h3,8H,1,4-7,9-12H2,2H3/t15-/m1/s1. The van der Waals surface area contributed by atoms with Gasteiger partial charge in [0, 0.05) is 18.5 Å². The highest BCUT2D eigenvalue weighted by Crippen LogP contribution is 2.37. The van der Waals surface area contributed by atoms with Crippen LogP contribution in [0.4, 0.5) is 0 Å². The van der Waals surface area contributed by atoms with Crippen LogP contribution in [0.5, 0.6) is 0 Å². The number of carbonyl (C=O) groups excluding carboxylic acids is 1. The van der Waals surface area contributed by atoms with Gasteiger partial charge in [-0.25, -0.2) is 0 Å². The van der Waals surface area contributed by atoms with E-state index in [4.69, 9.17) is 0 Å². The minimum atomic E-state index is -0.205. The predicted molar refractivity (Wildman–Crippen MR) is 70.7 cm³/mol. The molecule has 0 aromatic rings. The second kappa shape index (κ2) is 5.07. The van der Waals surface area contributed by atoms with Gasteiger partial charge >= 0.3 is 0 Å². The Balaban J connectivity index is 2.14. The zero-order valence-electron chi connectivity index (χ0n) is 10.9. The molecule has 1 atom stereocenters. The average molecular weight is 233 g/mol. The van der Waals surface area contributed by atoms with Gasteiger partial charge in [-0.3, -0.25) is 4.79 Å². The van der Waals surface area contributed by atoms with Crippen LogP contribution in [0.2, 0.25) is 0 Å². The van der Waals surface area contributed by atoms with E-state index < -0.39 is 0 Å². The zero-order valence-corrected chi connectivity index (χ0v) is 10.9. The third kappa shape index (κ3) is 2.46. The summed E-state index contributed by atoms with van der Waals surface area (Å²) in [6, 6.07) is 0. The second-order valence-electron chi connectivity index (χ2n) is 5.56. The summed E-state index contributed by atoms with van der Waals surface area (Å²) in [4.78, 5) is 14.9. The fourth-order valence-electron chi connectivity index (χ4n) is 2.96. The van der Waals surface area contributed by atoms with Gasteiger partial charge in [-0.2, -0.15) is 0 Å². The molecule has 1 aliphatic heterocycles. The molecule has 1 saturated heterocycles.